The number of hydrogen-bond donors (Lipinski definition) is 14. The minimum Gasteiger partial charge on any atom is -0.394 e. The summed E-state index contributed by atoms with van der Waals surface area (Å²) in [6, 6.07) is -2.19. The fourth-order valence-electron chi connectivity index (χ4n) is 13.6. The molecule has 18 unspecified atom stereocenters. The van der Waals surface area contributed by atoms with Crippen molar-refractivity contribution in [1.82, 2.24) is 25.3 Å². The van der Waals surface area contributed by atoms with E-state index in [1.807, 2.05) is 0 Å². The fourth-order valence-corrected chi connectivity index (χ4v) is 16.6. The molecule has 14 N–H and O–H groups in total. The zero-order valence-electron chi connectivity index (χ0n) is 64.5. The molecule has 112 heavy (non-hydrogen) atoms. The summed E-state index contributed by atoms with van der Waals surface area (Å²) in [6.45, 7) is 3.61. The number of nitrogens with zero attached hydrogens (tertiary/aromatic N) is 3. The van der Waals surface area contributed by atoms with Gasteiger partial charge in [0.15, 0.2) is 18.9 Å². The van der Waals surface area contributed by atoms with E-state index in [9.17, 15) is 98.3 Å². The van der Waals surface area contributed by atoms with Crippen molar-refractivity contribution in [2.75, 3.05) is 152 Å². The van der Waals surface area contributed by atoms with Crippen LogP contribution in [0.2, 0.25) is 0 Å². The van der Waals surface area contributed by atoms with Gasteiger partial charge < -0.3 is 133 Å². The minimum atomic E-state index is -4.57. The Labute approximate surface area is 652 Å². The van der Waals surface area contributed by atoms with E-state index in [1.54, 1.807) is 21.6 Å². The first-order valence-corrected chi connectivity index (χ1v) is 43.1. The van der Waals surface area contributed by atoms with Crippen LogP contribution < -0.4 is 10.6 Å². The lowest BCUT2D eigenvalue weighted by Gasteiger charge is -2.42. The normalized spacial score (nSPS) is 29.4. The topological polar surface area (TPSA) is 561 Å². The first-order chi connectivity index (χ1) is 53.3. The first kappa shape index (κ1) is 97.7. The van der Waals surface area contributed by atoms with Crippen molar-refractivity contribution in [3.63, 3.8) is 0 Å². The summed E-state index contributed by atoms with van der Waals surface area (Å²) in [5.74, 6) is -1.94. The second kappa shape index (κ2) is 50.1. The Morgan fingerprint density at radius 3 is 1.00 bits per heavy atom. The number of ether oxygens (including phenoxy) is 10. The average Bonchev–Trinajstić information content (AvgIpc) is 0.829. The summed E-state index contributed by atoms with van der Waals surface area (Å²) in [6.07, 6.45) is -11.5. The summed E-state index contributed by atoms with van der Waals surface area (Å²) >= 11 is 0. The van der Waals surface area contributed by atoms with Gasteiger partial charge >= 0.3 is 23.5 Å². The molecule has 0 aromatic rings. The molecule has 5 amide bonds. The second-order valence-electron chi connectivity index (χ2n) is 29.0. The highest BCUT2D eigenvalue weighted by Crippen LogP contribution is 2.48. The highest BCUT2D eigenvalue weighted by molar-refractivity contribution is 7.48. The standard InChI is InChI=1S/C68H124N5O36P3/c1-45-59(82)60(83)51(38-74)104-65(45)98-32-8-5-14-54(79)71-23-17-48(18-24-71)107-110(88,89)101-35-11-29-95-42-68(41-94-4,43-96-30-12-36-102-111(90,91)108-49-19-25-72(26-20-49)55(80)15-6-9-33-99-66-57(69-46(2)77)63(86)61(84)52(39-75)105-66)44-97-31-13-37-103-112(92,93)109-50-21-27-73(28-22-50)56(81)16-7-10-34-100-67-58(70-47(3)78)64(87)62(85)53(40-76)106-67/h45,48-53,57-67,74-76,82-87H,5-44H2,1-4H3,(H,69,77)(H,70,78)(H,88,89)(H,90,91)(H,92,93). The molecule has 44 heteroatoms. The van der Waals surface area contributed by atoms with Crippen LogP contribution in [0.15, 0.2) is 0 Å². The van der Waals surface area contributed by atoms with Gasteiger partial charge in [-0.3, -0.25) is 51.1 Å². The molecule has 18 atom stereocenters. The van der Waals surface area contributed by atoms with Crippen LogP contribution in [-0.2, 0) is 112 Å². The molecule has 0 radical (unpaired) electrons. The predicted molar refractivity (Wildman–Crippen MR) is 387 cm³/mol. The van der Waals surface area contributed by atoms with Crippen LogP contribution in [0.25, 0.3) is 0 Å². The van der Waals surface area contributed by atoms with Gasteiger partial charge in [0.2, 0.25) is 29.5 Å². The number of phosphoric acid groups is 3. The number of unbranched alkanes of at least 4 members (excludes halogenated alkanes) is 3. The smallest absolute Gasteiger partial charge is 0.394 e. The number of amides is 5. The Bertz CT molecular complexity index is 2780. The van der Waals surface area contributed by atoms with E-state index < -0.39 is 171 Å². The van der Waals surface area contributed by atoms with E-state index >= 15 is 0 Å². The molecule has 0 spiro atoms. The summed E-state index contributed by atoms with van der Waals surface area (Å²) in [7, 11) is -12.2. The van der Waals surface area contributed by atoms with Gasteiger partial charge in [0, 0.05) is 125 Å². The van der Waals surface area contributed by atoms with Crippen molar-refractivity contribution in [3.8, 4) is 0 Å². The average molecular weight is 1680 g/mol. The third-order valence-corrected chi connectivity index (χ3v) is 23.1. The molecule has 0 saturated carbocycles. The summed E-state index contributed by atoms with van der Waals surface area (Å²) in [5, 5.41) is 95.5. The number of aliphatic hydroxyl groups is 9. The summed E-state index contributed by atoms with van der Waals surface area (Å²) in [5.41, 5.74) is -1.01. The molecule has 6 saturated heterocycles. The van der Waals surface area contributed by atoms with Gasteiger partial charge in [-0.15, -0.1) is 0 Å². The molecule has 0 aliphatic carbocycles. The van der Waals surface area contributed by atoms with Crippen molar-refractivity contribution in [2.45, 2.75) is 241 Å². The summed E-state index contributed by atoms with van der Waals surface area (Å²) < 4.78 is 129. The van der Waals surface area contributed by atoms with Crippen LogP contribution in [0, 0.1) is 11.3 Å². The van der Waals surface area contributed by atoms with Crippen LogP contribution in [0.4, 0.5) is 0 Å². The minimum absolute atomic E-state index is 0.0135. The van der Waals surface area contributed by atoms with E-state index in [2.05, 4.69) is 10.6 Å². The van der Waals surface area contributed by atoms with E-state index in [0.29, 0.717) is 38.5 Å². The third kappa shape index (κ3) is 33.6. The zero-order valence-corrected chi connectivity index (χ0v) is 67.2. The quantitative estimate of drug-likeness (QED) is 0.0250. The Kier molecular flexibility index (Phi) is 43.7. The Morgan fingerprint density at radius 2 is 0.705 bits per heavy atom. The Morgan fingerprint density at radius 1 is 0.411 bits per heavy atom. The number of methoxy groups -OCH3 is 1. The van der Waals surface area contributed by atoms with E-state index in [-0.39, 0.29) is 220 Å². The first-order valence-electron chi connectivity index (χ1n) is 38.6. The molecule has 6 aliphatic heterocycles. The van der Waals surface area contributed by atoms with Crippen LogP contribution in [0.1, 0.15) is 136 Å². The molecule has 6 heterocycles. The van der Waals surface area contributed by atoms with Gasteiger partial charge in [0.25, 0.3) is 0 Å². The van der Waals surface area contributed by atoms with Gasteiger partial charge in [0.05, 0.1) is 95.9 Å². The zero-order chi connectivity index (χ0) is 82.0. The van der Waals surface area contributed by atoms with E-state index in [4.69, 9.17) is 74.5 Å². The number of aliphatic hydroxyl groups excluding tert-OH is 9. The molecule has 0 bridgehead atoms. The third-order valence-electron chi connectivity index (χ3n) is 19.9. The number of hydrogen-bond acceptors (Lipinski definition) is 33. The predicted octanol–water partition coefficient (Wildman–Crippen LogP) is -1.26. The largest absolute Gasteiger partial charge is 0.472 e. The maximum atomic E-state index is 13.1. The maximum Gasteiger partial charge on any atom is 0.472 e. The van der Waals surface area contributed by atoms with Crippen molar-refractivity contribution in [2.24, 2.45) is 11.3 Å². The van der Waals surface area contributed by atoms with Crippen molar-refractivity contribution >= 4 is 53.0 Å². The molecular formula is C68H124N5O36P3. The van der Waals surface area contributed by atoms with Crippen LogP contribution in [0.3, 0.4) is 0 Å². The number of carbonyl (C=O) groups is 5. The second-order valence-corrected chi connectivity index (χ2v) is 33.2. The Hall–Kier alpha value is -3.08. The highest BCUT2D eigenvalue weighted by atomic mass is 31.2. The lowest BCUT2D eigenvalue weighted by atomic mass is 9.92. The number of carbonyl (C=O) groups excluding carboxylic acids is 5. The van der Waals surface area contributed by atoms with Crippen molar-refractivity contribution in [3.05, 3.63) is 0 Å². The van der Waals surface area contributed by atoms with E-state index in [1.165, 1.54) is 21.0 Å². The fraction of sp³-hybridized carbons (Fsp3) is 0.926. The van der Waals surface area contributed by atoms with Crippen molar-refractivity contribution < 1.29 is 173 Å². The molecule has 6 rings (SSSR count). The number of nitrogens with one attached hydrogen (secondary N) is 2. The number of likely N-dealkylation sites (tertiary alicyclic amines) is 3. The monoisotopic (exact) mass is 1680 g/mol. The van der Waals surface area contributed by atoms with Crippen LogP contribution in [0.5, 0.6) is 0 Å². The maximum absolute atomic E-state index is 13.1. The lowest BCUT2D eigenvalue weighted by Crippen LogP contribution is -2.64. The number of piperidine rings is 3. The molecule has 6 aliphatic rings. The molecular weight excluding hydrogens is 1560 g/mol. The molecule has 652 valence electrons. The van der Waals surface area contributed by atoms with Gasteiger partial charge in [-0.1, -0.05) is 6.92 Å². The SMILES string of the molecule is COCC(COCCCOP(=O)(O)OC1CCN(C(=O)CCCCOC2OC(CO)C(O)C(O)C2C)CC1)(COCCCOP(=O)(O)OC1CCN(C(=O)CCCCOC2OC(CO)C(O)C(O)C2NC(C)=O)CC1)COCCCOP(=O)(O)OC1CCN(C(=O)CCCCOC2OC(CO)C(O)C(O)C2NC(C)=O)CC1. The van der Waals surface area contributed by atoms with Crippen LogP contribution >= 0.6 is 23.5 Å². The molecule has 0 aromatic heterocycles. The highest BCUT2D eigenvalue weighted by Gasteiger charge is 2.48. The van der Waals surface area contributed by atoms with Gasteiger partial charge in [0.1, 0.15) is 60.9 Å². The number of phosphoric ester groups is 3. The lowest BCUT2D eigenvalue weighted by molar-refractivity contribution is -0.282. The molecule has 41 nitrogen and oxygen atoms in total. The van der Waals surface area contributed by atoms with Crippen molar-refractivity contribution in [1.29, 1.82) is 0 Å². The number of rotatable bonds is 52. The van der Waals surface area contributed by atoms with Gasteiger partial charge in [-0.2, -0.15) is 0 Å². The van der Waals surface area contributed by atoms with Gasteiger partial charge in [-0.25, -0.2) is 13.7 Å². The van der Waals surface area contributed by atoms with Crippen LogP contribution in [-0.4, -0.2) is 361 Å². The Balaban J connectivity index is 0.889. The molecule has 6 fully saturated rings. The van der Waals surface area contributed by atoms with E-state index in [0.717, 1.165) is 0 Å². The molecule has 0 aromatic carbocycles. The van der Waals surface area contributed by atoms with Gasteiger partial charge in [-0.05, 0) is 96.3 Å². The summed E-state index contributed by atoms with van der Waals surface area (Å²) in [4.78, 5) is 99.5.